The number of carbonyl (C=O) groups is 1. The molecule has 0 spiro atoms. The molecule has 1 heterocycles. The van der Waals surface area contributed by atoms with Gasteiger partial charge in [-0.1, -0.05) is 35.8 Å². The molecule has 0 bridgehead atoms. The van der Waals surface area contributed by atoms with Gasteiger partial charge in [0.25, 0.3) is 5.91 Å². The van der Waals surface area contributed by atoms with Gasteiger partial charge in [0.2, 0.25) is 0 Å². The van der Waals surface area contributed by atoms with E-state index >= 15 is 0 Å². The Balaban J connectivity index is 1.40. The molecule has 5 nitrogen and oxygen atoms in total. The fourth-order valence-electron chi connectivity index (χ4n) is 3.14. The number of nitrogens with two attached hydrogens (primary N) is 1. The maximum absolute atomic E-state index is 13.3. The highest BCUT2D eigenvalue weighted by Crippen LogP contribution is 2.21. The molecule has 0 aliphatic carbocycles. The van der Waals surface area contributed by atoms with Crippen molar-refractivity contribution < 1.29 is 13.7 Å². The van der Waals surface area contributed by atoms with E-state index in [0.717, 1.165) is 37.0 Å². The molecule has 1 aromatic heterocycles. The minimum absolute atomic E-state index is 0.0172. The number of rotatable bonds is 9. The maximum atomic E-state index is 13.3. The summed E-state index contributed by atoms with van der Waals surface area (Å²) in [6.45, 7) is 1.17. The van der Waals surface area contributed by atoms with Gasteiger partial charge in [-0.2, -0.15) is 0 Å². The molecule has 152 valence electrons. The largest absolute Gasteiger partial charge is 0.361 e. The van der Waals surface area contributed by atoms with Crippen LogP contribution in [0.5, 0.6) is 0 Å². The predicted octanol–water partition coefficient (Wildman–Crippen LogP) is 4.42. The van der Waals surface area contributed by atoms with Gasteiger partial charge in [-0.25, -0.2) is 4.39 Å². The van der Waals surface area contributed by atoms with Crippen molar-refractivity contribution in [3.63, 3.8) is 0 Å². The molecule has 0 atom stereocenters. The third kappa shape index (κ3) is 5.74. The first-order valence-corrected chi connectivity index (χ1v) is 9.83. The number of halogens is 1. The first kappa shape index (κ1) is 20.7. The molecule has 0 aliphatic rings. The van der Waals surface area contributed by atoms with Crippen molar-refractivity contribution in [1.29, 1.82) is 0 Å². The molecule has 0 saturated heterocycles. The van der Waals surface area contributed by atoms with E-state index < -0.39 is 0 Å². The van der Waals surface area contributed by atoms with Gasteiger partial charge in [0.1, 0.15) is 17.3 Å². The SMILES string of the molecule is CN(CCCCCc1cc(-c2cccc(F)c2)no1)C(=O)c1ccc(CN)cc1. The second-order valence-corrected chi connectivity index (χ2v) is 7.13. The highest BCUT2D eigenvalue weighted by atomic mass is 19.1. The normalized spacial score (nSPS) is 10.9. The van der Waals surface area contributed by atoms with Crippen LogP contribution in [0.25, 0.3) is 11.3 Å². The Hall–Kier alpha value is -2.99. The van der Waals surface area contributed by atoms with Gasteiger partial charge in [0, 0.05) is 43.8 Å². The van der Waals surface area contributed by atoms with Crippen LogP contribution in [0.2, 0.25) is 0 Å². The monoisotopic (exact) mass is 395 g/mol. The van der Waals surface area contributed by atoms with Gasteiger partial charge in [0.15, 0.2) is 0 Å². The van der Waals surface area contributed by atoms with Crippen molar-refractivity contribution in [2.75, 3.05) is 13.6 Å². The van der Waals surface area contributed by atoms with E-state index in [0.29, 0.717) is 29.9 Å². The molecule has 0 saturated carbocycles. The van der Waals surface area contributed by atoms with Crippen LogP contribution in [-0.4, -0.2) is 29.6 Å². The highest BCUT2D eigenvalue weighted by Gasteiger charge is 2.11. The van der Waals surface area contributed by atoms with Crippen molar-refractivity contribution >= 4 is 5.91 Å². The number of aryl methyl sites for hydroxylation is 1. The number of nitrogens with zero attached hydrogens (tertiary/aromatic N) is 2. The second kappa shape index (κ2) is 9.98. The fraction of sp³-hybridized carbons (Fsp3) is 0.304. The topological polar surface area (TPSA) is 72.4 Å². The zero-order chi connectivity index (χ0) is 20.6. The number of hydrogen-bond acceptors (Lipinski definition) is 4. The van der Waals surface area contributed by atoms with E-state index in [2.05, 4.69) is 5.16 Å². The molecular weight excluding hydrogens is 369 g/mol. The lowest BCUT2D eigenvalue weighted by Crippen LogP contribution is -2.27. The summed E-state index contributed by atoms with van der Waals surface area (Å²) in [6, 6.07) is 15.6. The summed E-state index contributed by atoms with van der Waals surface area (Å²) in [5.74, 6) is 0.512. The lowest BCUT2D eigenvalue weighted by atomic mass is 10.1. The number of aromatic nitrogens is 1. The van der Waals surface area contributed by atoms with Crippen molar-refractivity contribution in [3.05, 3.63) is 77.3 Å². The maximum Gasteiger partial charge on any atom is 0.253 e. The van der Waals surface area contributed by atoms with Crippen molar-refractivity contribution in [3.8, 4) is 11.3 Å². The molecule has 6 heteroatoms. The number of amides is 1. The van der Waals surface area contributed by atoms with Crippen LogP contribution in [0.4, 0.5) is 4.39 Å². The molecule has 29 heavy (non-hydrogen) atoms. The van der Waals surface area contributed by atoms with Crippen LogP contribution in [0.3, 0.4) is 0 Å². The van der Waals surface area contributed by atoms with Crippen LogP contribution in [-0.2, 0) is 13.0 Å². The second-order valence-electron chi connectivity index (χ2n) is 7.13. The van der Waals surface area contributed by atoms with Gasteiger partial charge < -0.3 is 15.2 Å². The van der Waals surface area contributed by atoms with Crippen LogP contribution in [0.1, 0.15) is 40.9 Å². The predicted molar refractivity (Wildman–Crippen MR) is 111 cm³/mol. The average molecular weight is 395 g/mol. The minimum Gasteiger partial charge on any atom is -0.361 e. The molecule has 0 unspecified atom stereocenters. The highest BCUT2D eigenvalue weighted by molar-refractivity contribution is 5.94. The third-order valence-electron chi connectivity index (χ3n) is 4.88. The van der Waals surface area contributed by atoms with Crippen LogP contribution in [0.15, 0.2) is 59.1 Å². The molecule has 3 aromatic rings. The molecule has 2 N–H and O–H groups in total. The summed E-state index contributed by atoms with van der Waals surface area (Å²) < 4.78 is 18.7. The Morgan fingerprint density at radius 2 is 1.90 bits per heavy atom. The fourth-order valence-corrected chi connectivity index (χ4v) is 3.14. The van der Waals surface area contributed by atoms with Crippen molar-refractivity contribution in [2.45, 2.75) is 32.2 Å². The summed E-state index contributed by atoms with van der Waals surface area (Å²) in [5.41, 5.74) is 8.63. The van der Waals surface area contributed by atoms with E-state index in [1.807, 2.05) is 37.4 Å². The Bertz CT molecular complexity index is 937. The average Bonchev–Trinajstić information content (AvgIpc) is 3.22. The lowest BCUT2D eigenvalue weighted by molar-refractivity contribution is 0.0792. The van der Waals surface area contributed by atoms with Crippen LogP contribution in [0, 0.1) is 5.82 Å². The number of benzene rings is 2. The molecule has 2 aromatic carbocycles. The Morgan fingerprint density at radius 3 is 2.62 bits per heavy atom. The number of unbranched alkanes of at least 4 members (excludes halogenated alkanes) is 2. The number of carbonyl (C=O) groups excluding carboxylic acids is 1. The smallest absolute Gasteiger partial charge is 0.253 e. The van der Waals surface area contributed by atoms with E-state index in [1.165, 1.54) is 12.1 Å². The van der Waals surface area contributed by atoms with Gasteiger partial charge in [-0.3, -0.25) is 4.79 Å². The molecule has 0 radical (unpaired) electrons. The van der Waals surface area contributed by atoms with E-state index in [1.54, 1.807) is 17.0 Å². The Morgan fingerprint density at radius 1 is 1.10 bits per heavy atom. The van der Waals surface area contributed by atoms with Crippen molar-refractivity contribution in [2.24, 2.45) is 5.73 Å². The molecule has 0 aliphatic heterocycles. The standard InChI is InChI=1S/C23H26FN3O2/c1-27(23(28)18-11-9-17(16-25)10-12-18)13-4-2-3-8-21-15-22(26-29-21)19-6-5-7-20(24)14-19/h5-7,9-12,14-15H,2-4,8,13,16,25H2,1H3. The van der Waals surface area contributed by atoms with E-state index in [-0.39, 0.29) is 11.7 Å². The first-order chi connectivity index (χ1) is 14.1. The lowest BCUT2D eigenvalue weighted by Gasteiger charge is -2.17. The third-order valence-corrected chi connectivity index (χ3v) is 4.88. The van der Waals surface area contributed by atoms with Crippen LogP contribution < -0.4 is 5.73 Å². The summed E-state index contributed by atoms with van der Waals surface area (Å²) in [6.07, 6.45) is 3.58. The zero-order valence-electron chi connectivity index (χ0n) is 16.6. The first-order valence-electron chi connectivity index (χ1n) is 9.83. The molecule has 3 rings (SSSR count). The Labute approximate surface area is 170 Å². The minimum atomic E-state index is -0.291. The molecule has 1 amide bonds. The summed E-state index contributed by atoms with van der Waals surface area (Å²) in [5, 5.41) is 4.02. The summed E-state index contributed by atoms with van der Waals surface area (Å²) in [7, 11) is 1.82. The van der Waals surface area contributed by atoms with E-state index in [9.17, 15) is 9.18 Å². The van der Waals surface area contributed by atoms with Gasteiger partial charge >= 0.3 is 0 Å². The summed E-state index contributed by atoms with van der Waals surface area (Å²) in [4.78, 5) is 14.2. The van der Waals surface area contributed by atoms with Gasteiger partial charge in [0.05, 0.1) is 0 Å². The molecule has 0 fully saturated rings. The summed E-state index contributed by atoms with van der Waals surface area (Å²) >= 11 is 0. The van der Waals surface area contributed by atoms with Crippen molar-refractivity contribution in [1.82, 2.24) is 10.1 Å². The van der Waals surface area contributed by atoms with Crippen LogP contribution >= 0.6 is 0 Å². The Kier molecular flexibility index (Phi) is 7.14. The molecular formula is C23H26FN3O2. The van der Waals surface area contributed by atoms with Gasteiger partial charge in [-0.15, -0.1) is 0 Å². The quantitative estimate of drug-likeness (QED) is 0.544. The van der Waals surface area contributed by atoms with Gasteiger partial charge in [-0.05, 0) is 42.7 Å². The zero-order valence-corrected chi connectivity index (χ0v) is 16.6. The van der Waals surface area contributed by atoms with E-state index in [4.69, 9.17) is 10.3 Å². The number of hydrogen-bond donors (Lipinski definition) is 1.